The van der Waals surface area contributed by atoms with Crippen LogP contribution in [-0.2, 0) is 9.59 Å². The fourth-order valence-corrected chi connectivity index (χ4v) is 2.80. The van der Waals surface area contributed by atoms with Gasteiger partial charge in [-0.2, -0.15) is 0 Å². The van der Waals surface area contributed by atoms with Gasteiger partial charge in [-0.15, -0.1) is 0 Å². The molecule has 0 fully saturated rings. The van der Waals surface area contributed by atoms with Crippen molar-refractivity contribution in [3.63, 3.8) is 0 Å². The minimum atomic E-state index is -1.00. The molecule has 0 aliphatic rings. The third-order valence-electron chi connectivity index (χ3n) is 4.33. The molecule has 6 heteroatoms. The van der Waals surface area contributed by atoms with Gasteiger partial charge in [0.15, 0.2) is 0 Å². The lowest BCUT2D eigenvalue weighted by molar-refractivity contribution is -0.864. The molecule has 0 aromatic rings. The van der Waals surface area contributed by atoms with Crippen LogP contribution in [0.15, 0.2) is 0 Å². The average Bonchev–Trinajstić information content (AvgIpc) is 2.50. The third-order valence-corrected chi connectivity index (χ3v) is 4.33. The zero-order chi connectivity index (χ0) is 21.3. The van der Waals surface area contributed by atoms with E-state index in [4.69, 9.17) is 0 Å². The first-order valence-corrected chi connectivity index (χ1v) is 10.4. The van der Waals surface area contributed by atoms with Crippen LogP contribution in [0.1, 0.15) is 77.6 Å². The van der Waals surface area contributed by atoms with Gasteiger partial charge in [-0.25, -0.2) is 0 Å². The highest BCUT2D eigenvalue weighted by Gasteiger charge is 2.11. The number of carboxylic acid groups (broad SMARTS) is 2. The summed E-state index contributed by atoms with van der Waals surface area (Å²) in [5.74, 6) is -1.95. The van der Waals surface area contributed by atoms with Gasteiger partial charge in [-0.05, 0) is 20.5 Å². The molecule has 1 unspecified atom stereocenters. The number of aliphatic carboxylic acids is 2. The molecule has 0 bridgehead atoms. The van der Waals surface area contributed by atoms with Crippen LogP contribution in [0.5, 0.6) is 0 Å². The van der Waals surface area contributed by atoms with Crippen molar-refractivity contribution in [2.45, 2.75) is 83.6 Å². The summed E-state index contributed by atoms with van der Waals surface area (Å²) in [6.45, 7) is 2.31. The standard InChI is InChI=1S/C16H33NO2.C5H11NO2/c1-4-5-6-7-8-9-10-11-12-13-14-15(16(18)19)17(2)3;1-6(2,3)4-5(7)8/h15H,4-14H2,1-3H3,(H,18,19);4H2,1-3H3/p-1. The van der Waals surface area contributed by atoms with Crippen molar-refractivity contribution in [1.82, 2.24) is 4.90 Å². The number of unbranched alkanes of at least 4 members (excludes halogenated alkanes) is 9. The highest BCUT2D eigenvalue weighted by atomic mass is 16.4. The van der Waals surface area contributed by atoms with E-state index in [9.17, 15) is 19.8 Å². The van der Waals surface area contributed by atoms with Crippen LogP contribution in [0.2, 0.25) is 0 Å². The average molecular weight is 388 g/mol. The lowest BCUT2D eigenvalue weighted by atomic mass is 10.0. The number of carboxylic acids is 2. The normalized spacial score (nSPS) is 12.4. The molecule has 0 saturated carbocycles. The molecule has 0 rings (SSSR count). The van der Waals surface area contributed by atoms with E-state index in [1.165, 1.54) is 51.4 Å². The summed E-state index contributed by atoms with van der Waals surface area (Å²) in [6, 6.07) is -0.422. The Labute approximate surface area is 167 Å². The third kappa shape index (κ3) is 22.8. The van der Waals surface area contributed by atoms with E-state index in [-0.39, 0.29) is 6.54 Å². The van der Waals surface area contributed by atoms with E-state index in [0.717, 1.165) is 12.8 Å². The van der Waals surface area contributed by atoms with E-state index in [2.05, 4.69) is 6.92 Å². The molecular formula is C21H43N2O4-. The fraction of sp³-hybridized carbons (Fsp3) is 0.905. The Morgan fingerprint density at radius 2 is 1.22 bits per heavy atom. The summed E-state index contributed by atoms with van der Waals surface area (Å²) < 4.78 is 0.419. The minimum Gasteiger partial charge on any atom is -0.548 e. The number of rotatable bonds is 15. The summed E-state index contributed by atoms with van der Waals surface area (Å²) in [4.78, 5) is 22.5. The Hall–Kier alpha value is -1.14. The molecular weight excluding hydrogens is 344 g/mol. The second kappa shape index (κ2) is 17.0. The lowest BCUT2D eigenvalue weighted by Gasteiger charge is -2.24. The smallest absolute Gasteiger partial charge is 0.118 e. The van der Waals surface area contributed by atoms with Crippen molar-refractivity contribution in [3.05, 3.63) is 0 Å². The van der Waals surface area contributed by atoms with Crippen LogP contribution in [0.4, 0.5) is 0 Å². The zero-order valence-corrected chi connectivity index (χ0v) is 18.6. The Kier molecular flexibility index (Phi) is 17.7. The Morgan fingerprint density at radius 1 is 0.815 bits per heavy atom. The maximum Gasteiger partial charge on any atom is 0.118 e. The Morgan fingerprint density at radius 3 is 1.48 bits per heavy atom. The number of carbonyl (C=O) groups excluding carboxylic acids is 2. The molecule has 6 nitrogen and oxygen atoms in total. The molecule has 0 aliphatic heterocycles. The number of nitrogens with zero attached hydrogens (tertiary/aromatic N) is 2. The van der Waals surface area contributed by atoms with E-state index in [1.54, 1.807) is 40.1 Å². The first kappa shape index (κ1) is 28.1. The highest BCUT2D eigenvalue weighted by molar-refractivity contribution is 5.70. The van der Waals surface area contributed by atoms with Crippen molar-refractivity contribution in [1.29, 1.82) is 0 Å². The summed E-state index contributed by atoms with van der Waals surface area (Å²) >= 11 is 0. The van der Waals surface area contributed by atoms with Gasteiger partial charge >= 0.3 is 0 Å². The van der Waals surface area contributed by atoms with Gasteiger partial charge < -0.3 is 29.2 Å². The molecule has 0 N–H and O–H groups in total. The van der Waals surface area contributed by atoms with Crippen LogP contribution < -0.4 is 10.2 Å². The first-order chi connectivity index (χ1) is 12.5. The van der Waals surface area contributed by atoms with Crippen molar-refractivity contribution in [2.75, 3.05) is 41.8 Å². The molecule has 0 aliphatic carbocycles. The topological polar surface area (TPSA) is 83.5 Å². The Bertz CT molecular complexity index is 379. The van der Waals surface area contributed by atoms with Gasteiger partial charge in [-0.1, -0.05) is 71.1 Å². The minimum absolute atomic E-state index is 0.0694. The number of carbonyl (C=O) groups is 2. The number of hydrogen-bond donors (Lipinski definition) is 0. The van der Waals surface area contributed by atoms with Gasteiger partial charge in [0, 0.05) is 6.04 Å². The predicted molar refractivity (Wildman–Crippen MR) is 107 cm³/mol. The molecule has 1 atom stereocenters. The van der Waals surface area contributed by atoms with Crippen LogP contribution in [0, 0.1) is 0 Å². The molecule has 0 aromatic carbocycles. The summed E-state index contributed by atoms with van der Waals surface area (Å²) in [7, 11) is 9.01. The molecule has 0 spiro atoms. The monoisotopic (exact) mass is 387 g/mol. The zero-order valence-electron chi connectivity index (χ0n) is 18.6. The van der Waals surface area contributed by atoms with Crippen LogP contribution in [0.3, 0.4) is 0 Å². The van der Waals surface area contributed by atoms with Gasteiger partial charge in [0.1, 0.15) is 6.54 Å². The van der Waals surface area contributed by atoms with Crippen molar-refractivity contribution in [3.8, 4) is 0 Å². The SMILES string of the molecule is CCCCCCCCCCCCC(C(=O)[O-])N(C)C.C[N+](C)(C)CC(=O)[O-]. The summed E-state index contributed by atoms with van der Waals surface area (Å²) in [6.07, 6.45) is 13.5. The molecule has 0 amide bonds. The maximum atomic E-state index is 10.9. The molecule has 162 valence electrons. The first-order valence-electron chi connectivity index (χ1n) is 10.4. The number of likely N-dealkylation sites (N-methyl/N-ethyl adjacent to an activating group) is 2. The van der Waals surface area contributed by atoms with E-state index in [0.29, 0.717) is 10.9 Å². The van der Waals surface area contributed by atoms with Crippen molar-refractivity contribution >= 4 is 11.9 Å². The van der Waals surface area contributed by atoms with Crippen molar-refractivity contribution in [2.24, 2.45) is 0 Å². The van der Waals surface area contributed by atoms with Gasteiger partial charge in [0.25, 0.3) is 0 Å². The predicted octanol–water partition coefficient (Wildman–Crippen LogP) is 1.42. The van der Waals surface area contributed by atoms with Gasteiger partial charge in [-0.3, -0.25) is 0 Å². The van der Waals surface area contributed by atoms with Crippen LogP contribution >= 0.6 is 0 Å². The quantitative estimate of drug-likeness (QED) is 0.313. The van der Waals surface area contributed by atoms with E-state index in [1.807, 2.05) is 0 Å². The number of quaternary nitrogens is 1. The van der Waals surface area contributed by atoms with Gasteiger partial charge in [0.2, 0.25) is 0 Å². The van der Waals surface area contributed by atoms with E-state index >= 15 is 0 Å². The van der Waals surface area contributed by atoms with E-state index < -0.39 is 18.0 Å². The lowest BCUT2D eigenvalue weighted by Crippen LogP contribution is -2.45. The second-order valence-corrected chi connectivity index (χ2v) is 8.59. The van der Waals surface area contributed by atoms with Crippen LogP contribution in [-0.4, -0.2) is 69.1 Å². The van der Waals surface area contributed by atoms with Crippen molar-refractivity contribution < 1.29 is 24.3 Å². The molecule has 0 saturated heterocycles. The highest BCUT2D eigenvalue weighted by Crippen LogP contribution is 2.12. The molecule has 0 aromatic heterocycles. The van der Waals surface area contributed by atoms with Crippen LogP contribution in [0.25, 0.3) is 0 Å². The molecule has 27 heavy (non-hydrogen) atoms. The maximum absolute atomic E-state index is 10.9. The van der Waals surface area contributed by atoms with Gasteiger partial charge in [0.05, 0.1) is 33.1 Å². The number of hydrogen-bond acceptors (Lipinski definition) is 5. The largest absolute Gasteiger partial charge is 0.548 e. The fourth-order valence-electron chi connectivity index (χ4n) is 2.80. The molecule has 0 radical (unpaired) electrons. The second-order valence-electron chi connectivity index (χ2n) is 8.59. The Balaban J connectivity index is 0. The molecule has 0 heterocycles. The summed E-state index contributed by atoms with van der Waals surface area (Å²) in [5, 5.41) is 20.8. The summed E-state index contributed by atoms with van der Waals surface area (Å²) in [5.41, 5.74) is 0.